The number of aliphatic carboxylic acids is 3. The number of esters is 3. The first-order chi connectivity index (χ1) is 29.0. The number of hydrogen-bond acceptors (Lipinski definition) is 12. The van der Waals surface area contributed by atoms with Crippen LogP contribution >= 0.6 is 0 Å². The number of carboxylic acids is 3. The number of carboxylic acid groups (broad SMARTS) is 3. The van der Waals surface area contributed by atoms with Crippen molar-refractivity contribution in [3.63, 3.8) is 0 Å². The molecule has 2 aromatic carbocycles. The van der Waals surface area contributed by atoms with Gasteiger partial charge in [0.05, 0.1) is 0 Å². The molecule has 0 radical (unpaired) electrons. The van der Waals surface area contributed by atoms with Crippen LogP contribution in [0.1, 0.15) is 156 Å². The number of nitrogens with one attached hydrogen (secondary N) is 1. The van der Waals surface area contributed by atoms with Gasteiger partial charge in [0.25, 0.3) is 0 Å². The van der Waals surface area contributed by atoms with Crippen LogP contribution in [0.25, 0.3) is 11.1 Å². The Hall–Kier alpha value is -5.51. The number of benzene rings is 2. The maximum Gasteiger partial charge on any atom is 0.407 e. The van der Waals surface area contributed by atoms with Crippen molar-refractivity contribution in [2.75, 3.05) is 6.61 Å². The molecule has 0 bridgehead atoms. The highest BCUT2D eigenvalue weighted by molar-refractivity contribution is 5.79. The molecule has 2 aromatic rings. The summed E-state index contributed by atoms with van der Waals surface area (Å²) in [6, 6.07) is 15.6. The van der Waals surface area contributed by atoms with Crippen molar-refractivity contribution in [3.05, 3.63) is 59.7 Å². The highest BCUT2D eigenvalue weighted by atomic mass is 16.6. The number of amides is 1. The normalized spacial score (nSPS) is 12.7. The Bertz CT molecular complexity index is 1730. The summed E-state index contributed by atoms with van der Waals surface area (Å²) in [5, 5.41) is 30.0. The number of nitrogens with two attached hydrogens (primary N) is 1. The average Bonchev–Trinajstić information content (AvgIpc) is 3.47. The van der Waals surface area contributed by atoms with E-state index in [2.05, 4.69) is 5.32 Å². The zero-order chi connectivity index (χ0) is 47.8. The van der Waals surface area contributed by atoms with E-state index in [4.69, 9.17) is 40.0 Å². The van der Waals surface area contributed by atoms with Crippen molar-refractivity contribution >= 4 is 41.9 Å². The first-order valence-corrected chi connectivity index (χ1v) is 21.2. The lowest BCUT2D eigenvalue weighted by Crippen LogP contribution is -2.50. The fourth-order valence-electron chi connectivity index (χ4n) is 7.06. The molecule has 1 amide bonds. The van der Waals surface area contributed by atoms with E-state index in [1.54, 1.807) is 62.3 Å². The molecule has 1 aliphatic rings. The fraction of sp³-hybridized carbons (Fsp3) is 0.596. The number of carbonyl (C=O) groups is 7. The number of hydrogen-bond donors (Lipinski definition) is 5. The summed E-state index contributed by atoms with van der Waals surface area (Å²) in [6.07, 6.45) is -1.05. The SMILES string of the molecule is CC(C)(C)OC(=O)CCC(N)(CCC(=O)OC(C)(C)C)CCC(=O)OC(C)(C)C.O=C(O)CCC(CCC(=O)O)(CCC(=O)O)NC(=O)OCC1c2ccccc2-c2ccccc21. The molecular weight excluding hydrogens is 817 g/mol. The molecule has 6 N–H and O–H groups in total. The van der Waals surface area contributed by atoms with Gasteiger partial charge >= 0.3 is 41.9 Å². The fourth-order valence-corrected chi connectivity index (χ4v) is 7.06. The Morgan fingerprint density at radius 2 is 0.841 bits per heavy atom. The first-order valence-electron chi connectivity index (χ1n) is 21.2. The summed E-state index contributed by atoms with van der Waals surface area (Å²) in [5.41, 5.74) is 6.70. The van der Waals surface area contributed by atoms with E-state index in [-0.39, 0.29) is 88.2 Å². The van der Waals surface area contributed by atoms with E-state index >= 15 is 0 Å². The van der Waals surface area contributed by atoms with E-state index in [1.807, 2.05) is 48.5 Å². The highest BCUT2D eigenvalue weighted by Crippen LogP contribution is 2.44. The summed E-state index contributed by atoms with van der Waals surface area (Å²) in [4.78, 5) is 82.6. The summed E-state index contributed by atoms with van der Waals surface area (Å²) in [7, 11) is 0. The molecule has 1 aliphatic carbocycles. The van der Waals surface area contributed by atoms with Gasteiger partial charge in [0.1, 0.15) is 23.4 Å². The smallest absolute Gasteiger partial charge is 0.407 e. The lowest BCUT2D eigenvalue weighted by Gasteiger charge is -2.34. The number of alkyl carbamates (subject to hydrolysis) is 1. The number of carbonyl (C=O) groups excluding carboxylic acids is 4. The van der Waals surface area contributed by atoms with Crippen molar-refractivity contribution in [3.8, 4) is 11.1 Å². The van der Waals surface area contributed by atoms with Gasteiger partial charge in [-0.1, -0.05) is 48.5 Å². The van der Waals surface area contributed by atoms with Crippen molar-refractivity contribution in [1.29, 1.82) is 0 Å². The maximum atomic E-state index is 12.8. The van der Waals surface area contributed by atoms with Crippen LogP contribution in [-0.2, 0) is 47.7 Å². The summed E-state index contributed by atoms with van der Waals surface area (Å²) in [5.74, 6) is -4.67. The zero-order valence-electron chi connectivity index (χ0n) is 38.3. The second-order valence-electron chi connectivity index (χ2n) is 19.0. The number of ether oxygens (including phenoxy) is 4. The molecule has 16 nitrogen and oxygen atoms in total. The van der Waals surface area contributed by atoms with Gasteiger partial charge in [0.2, 0.25) is 0 Å². The van der Waals surface area contributed by atoms with Crippen LogP contribution in [0.3, 0.4) is 0 Å². The predicted molar refractivity (Wildman–Crippen MR) is 234 cm³/mol. The van der Waals surface area contributed by atoms with Crippen LogP contribution in [0, 0.1) is 0 Å². The van der Waals surface area contributed by atoms with E-state index in [1.165, 1.54) is 0 Å². The molecule has 0 saturated heterocycles. The average molecular weight is 885 g/mol. The summed E-state index contributed by atoms with van der Waals surface area (Å²) >= 11 is 0. The third-order valence-electron chi connectivity index (χ3n) is 9.90. The number of rotatable bonds is 21. The van der Waals surface area contributed by atoms with Gasteiger partial charge in [-0.2, -0.15) is 0 Å². The largest absolute Gasteiger partial charge is 0.481 e. The highest BCUT2D eigenvalue weighted by Gasteiger charge is 2.36. The molecule has 0 atom stereocenters. The van der Waals surface area contributed by atoms with Crippen LogP contribution in [0.2, 0.25) is 0 Å². The monoisotopic (exact) mass is 884 g/mol. The second kappa shape index (κ2) is 23.3. The van der Waals surface area contributed by atoms with Crippen LogP contribution < -0.4 is 11.1 Å². The Morgan fingerprint density at radius 3 is 1.14 bits per heavy atom. The third-order valence-corrected chi connectivity index (χ3v) is 9.90. The second-order valence-corrected chi connectivity index (χ2v) is 19.0. The summed E-state index contributed by atoms with van der Waals surface area (Å²) < 4.78 is 21.5. The quantitative estimate of drug-likeness (QED) is 0.0590. The van der Waals surface area contributed by atoms with E-state index < -0.39 is 51.9 Å². The minimum absolute atomic E-state index is 0.0206. The zero-order valence-corrected chi connectivity index (χ0v) is 38.3. The van der Waals surface area contributed by atoms with E-state index in [0.717, 1.165) is 22.3 Å². The molecule has 63 heavy (non-hydrogen) atoms. The lowest BCUT2D eigenvalue weighted by atomic mass is 9.83. The Labute approximate surface area is 370 Å². The molecule has 0 spiro atoms. The van der Waals surface area contributed by atoms with Crippen molar-refractivity contribution in [2.24, 2.45) is 5.73 Å². The van der Waals surface area contributed by atoms with Gasteiger partial charge < -0.3 is 45.3 Å². The van der Waals surface area contributed by atoms with Crippen LogP contribution in [-0.4, -0.2) is 91.7 Å². The minimum Gasteiger partial charge on any atom is -0.481 e. The number of fused-ring (bicyclic) bond motifs is 3. The van der Waals surface area contributed by atoms with Gasteiger partial charge in [-0.3, -0.25) is 28.8 Å². The van der Waals surface area contributed by atoms with Gasteiger partial charge in [0.15, 0.2) is 0 Å². The van der Waals surface area contributed by atoms with Crippen LogP contribution in [0.5, 0.6) is 0 Å². The molecule has 0 aliphatic heterocycles. The Balaban J connectivity index is 0.000000441. The van der Waals surface area contributed by atoms with Gasteiger partial charge in [-0.05, 0) is 123 Å². The molecule has 16 heteroatoms. The molecule has 0 aromatic heterocycles. The molecule has 350 valence electrons. The lowest BCUT2D eigenvalue weighted by molar-refractivity contribution is -0.155. The Morgan fingerprint density at radius 1 is 0.524 bits per heavy atom. The Kier molecular flexibility index (Phi) is 19.8. The first kappa shape index (κ1) is 53.6. The van der Waals surface area contributed by atoms with Gasteiger partial charge in [-0.15, -0.1) is 0 Å². The molecule has 0 unspecified atom stereocenters. The molecule has 3 rings (SSSR count). The standard InChI is InChI=1S/C25H27NO8.C22H41NO6/c27-21(28)9-12-25(13-10-22(29)30,14-11-23(31)32)26-24(33)34-15-20-18-7-3-1-5-16(18)17-6-2-4-8-19(17)20;1-19(2,3)27-16(24)10-13-22(23,14-11-17(25)28-20(4,5)6)15-12-18(26)29-21(7,8)9/h1-8,20H,9-15H2,(H,26,33)(H,27,28)(H,29,30)(H,31,32);10-15,23H2,1-9H3. The van der Waals surface area contributed by atoms with E-state index in [0.29, 0.717) is 19.3 Å². The predicted octanol–water partition coefficient (Wildman–Crippen LogP) is 7.91. The van der Waals surface area contributed by atoms with Gasteiger partial charge in [0, 0.05) is 55.5 Å². The van der Waals surface area contributed by atoms with Crippen LogP contribution in [0.4, 0.5) is 4.79 Å². The van der Waals surface area contributed by atoms with Crippen molar-refractivity contribution < 1.29 is 67.8 Å². The molecule has 0 heterocycles. The minimum atomic E-state index is -1.34. The maximum absolute atomic E-state index is 12.8. The topological polar surface area (TPSA) is 255 Å². The molecular formula is C47H68N2O14. The third kappa shape index (κ3) is 20.9. The van der Waals surface area contributed by atoms with Crippen molar-refractivity contribution in [1.82, 2.24) is 5.32 Å². The molecule has 0 saturated carbocycles. The summed E-state index contributed by atoms with van der Waals surface area (Å²) in [6.45, 7) is 16.2. The van der Waals surface area contributed by atoms with Gasteiger partial charge in [-0.25, -0.2) is 4.79 Å². The molecule has 0 fully saturated rings. The van der Waals surface area contributed by atoms with Crippen LogP contribution in [0.15, 0.2) is 48.5 Å². The van der Waals surface area contributed by atoms with Crippen molar-refractivity contribution in [2.45, 2.75) is 173 Å². The van der Waals surface area contributed by atoms with E-state index in [9.17, 15) is 33.6 Å².